The van der Waals surface area contributed by atoms with E-state index in [1.807, 2.05) is 0 Å². The number of ether oxygens (including phenoxy) is 1. The van der Waals surface area contributed by atoms with Crippen molar-refractivity contribution < 1.29 is 18.7 Å². The molecule has 3 rings (SSSR count). The lowest BCUT2D eigenvalue weighted by Gasteiger charge is -2.33. The quantitative estimate of drug-likeness (QED) is 0.621. The summed E-state index contributed by atoms with van der Waals surface area (Å²) in [4.78, 5) is 38.1. The van der Waals surface area contributed by atoms with Crippen LogP contribution in [0.25, 0.3) is 11.0 Å². The first-order valence-electron chi connectivity index (χ1n) is 8.91. The molecule has 1 aromatic heterocycles. The van der Waals surface area contributed by atoms with Crippen molar-refractivity contribution in [3.05, 3.63) is 46.3 Å². The number of hydrogen-bond donors (Lipinski definition) is 0. The summed E-state index contributed by atoms with van der Waals surface area (Å²) in [7, 11) is 1.74. The number of nitrogens with zero attached hydrogens (tertiary/aromatic N) is 1. The zero-order valence-corrected chi connectivity index (χ0v) is 15.1. The number of amides is 1. The second kappa shape index (κ2) is 7.72. The van der Waals surface area contributed by atoms with E-state index in [2.05, 4.69) is 6.92 Å². The van der Waals surface area contributed by atoms with Crippen molar-refractivity contribution in [2.75, 3.05) is 13.7 Å². The molecule has 0 spiro atoms. The summed E-state index contributed by atoms with van der Waals surface area (Å²) in [6, 6.07) is 8.52. The first kappa shape index (κ1) is 18.2. The van der Waals surface area contributed by atoms with E-state index in [0.29, 0.717) is 16.9 Å². The molecule has 0 aliphatic heterocycles. The highest BCUT2D eigenvalue weighted by molar-refractivity contribution is 5.94. The summed E-state index contributed by atoms with van der Waals surface area (Å²) in [5.74, 6) is -0.411. The molecule has 0 N–H and O–H groups in total. The van der Waals surface area contributed by atoms with E-state index in [0.717, 1.165) is 25.7 Å². The number of rotatable bonds is 4. The standard InChI is InChI=1S/C20H23NO5/c1-13-7-9-15(10-8-13)21(2)18(22)12-25-19(23)16-11-14-5-3-4-6-17(14)26-20(16)24/h3-6,11,13,15H,7-10,12H2,1-2H3. The van der Waals surface area contributed by atoms with E-state index >= 15 is 0 Å². The van der Waals surface area contributed by atoms with Crippen molar-refractivity contribution in [3.63, 3.8) is 0 Å². The molecule has 2 aromatic rings. The summed E-state index contributed by atoms with van der Waals surface area (Å²) in [5, 5.41) is 0.624. The molecule has 6 heteroatoms. The molecule has 1 fully saturated rings. The normalized spacial score (nSPS) is 19.9. The van der Waals surface area contributed by atoms with Crippen LogP contribution in [0.4, 0.5) is 0 Å². The molecule has 0 saturated heterocycles. The molecule has 0 bridgehead atoms. The van der Waals surface area contributed by atoms with E-state index in [4.69, 9.17) is 9.15 Å². The smallest absolute Gasteiger partial charge is 0.351 e. The number of fused-ring (bicyclic) bond motifs is 1. The molecule has 138 valence electrons. The average Bonchev–Trinajstić information content (AvgIpc) is 2.65. The molecule has 1 saturated carbocycles. The zero-order valence-electron chi connectivity index (χ0n) is 15.1. The first-order chi connectivity index (χ1) is 12.5. The molecule has 1 aliphatic rings. The van der Waals surface area contributed by atoms with Gasteiger partial charge in [0.05, 0.1) is 0 Å². The van der Waals surface area contributed by atoms with Crippen LogP contribution in [-0.2, 0) is 9.53 Å². The minimum Gasteiger partial charge on any atom is -0.452 e. The minimum absolute atomic E-state index is 0.183. The van der Waals surface area contributed by atoms with Gasteiger partial charge in [0.15, 0.2) is 6.61 Å². The Balaban J connectivity index is 1.62. The fourth-order valence-corrected chi connectivity index (χ4v) is 3.34. The second-order valence-electron chi connectivity index (χ2n) is 6.98. The van der Waals surface area contributed by atoms with Crippen LogP contribution in [0.3, 0.4) is 0 Å². The van der Waals surface area contributed by atoms with Crippen LogP contribution in [0, 0.1) is 5.92 Å². The molecule has 1 aromatic carbocycles. The summed E-state index contributed by atoms with van der Waals surface area (Å²) >= 11 is 0. The summed E-state index contributed by atoms with van der Waals surface area (Å²) in [5.41, 5.74) is -0.571. The summed E-state index contributed by atoms with van der Waals surface area (Å²) in [6.45, 7) is 1.84. The Morgan fingerprint density at radius 3 is 2.62 bits per heavy atom. The monoisotopic (exact) mass is 357 g/mol. The van der Waals surface area contributed by atoms with Gasteiger partial charge in [0.2, 0.25) is 0 Å². The number of para-hydroxylation sites is 1. The van der Waals surface area contributed by atoms with E-state index < -0.39 is 11.6 Å². The van der Waals surface area contributed by atoms with Gasteiger partial charge in [-0.25, -0.2) is 9.59 Å². The van der Waals surface area contributed by atoms with Gasteiger partial charge in [0.1, 0.15) is 11.1 Å². The fourth-order valence-electron chi connectivity index (χ4n) is 3.34. The van der Waals surface area contributed by atoms with Gasteiger partial charge in [0, 0.05) is 18.5 Å². The van der Waals surface area contributed by atoms with E-state index in [-0.39, 0.29) is 24.1 Å². The van der Waals surface area contributed by atoms with Gasteiger partial charge in [-0.05, 0) is 43.7 Å². The largest absolute Gasteiger partial charge is 0.452 e. The second-order valence-corrected chi connectivity index (χ2v) is 6.98. The van der Waals surface area contributed by atoms with Crippen molar-refractivity contribution in [1.82, 2.24) is 4.90 Å². The predicted octanol–water partition coefficient (Wildman–Crippen LogP) is 2.99. The van der Waals surface area contributed by atoms with Crippen LogP contribution in [0.2, 0.25) is 0 Å². The molecular formula is C20H23NO5. The topological polar surface area (TPSA) is 76.8 Å². The summed E-state index contributed by atoms with van der Waals surface area (Å²) in [6.07, 6.45) is 4.12. The van der Waals surface area contributed by atoms with Crippen LogP contribution in [0.15, 0.2) is 39.5 Å². The van der Waals surface area contributed by atoms with Crippen molar-refractivity contribution in [3.8, 4) is 0 Å². The van der Waals surface area contributed by atoms with Crippen molar-refractivity contribution in [2.45, 2.75) is 38.6 Å². The molecular weight excluding hydrogens is 334 g/mol. The lowest BCUT2D eigenvalue weighted by atomic mass is 9.87. The Morgan fingerprint density at radius 2 is 1.88 bits per heavy atom. The van der Waals surface area contributed by atoms with Gasteiger partial charge in [0.25, 0.3) is 5.91 Å². The lowest BCUT2D eigenvalue weighted by molar-refractivity contribution is -0.136. The molecule has 0 unspecified atom stereocenters. The third kappa shape index (κ3) is 3.95. The lowest BCUT2D eigenvalue weighted by Crippen LogP contribution is -2.41. The molecule has 1 aliphatic carbocycles. The van der Waals surface area contributed by atoms with Crippen molar-refractivity contribution >= 4 is 22.8 Å². The highest BCUT2D eigenvalue weighted by atomic mass is 16.5. The van der Waals surface area contributed by atoms with Gasteiger partial charge in [-0.15, -0.1) is 0 Å². The number of hydrogen-bond acceptors (Lipinski definition) is 5. The Hall–Kier alpha value is -2.63. The average molecular weight is 357 g/mol. The van der Waals surface area contributed by atoms with Gasteiger partial charge in [-0.3, -0.25) is 4.79 Å². The maximum atomic E-state index is 12.3. The van der Waals surface area contributed by atoms with E-state index in [1.54, 1.807) is 36.2 Å². The number of carbonyl (C=O) groups excluding carboxylic acids is 2. The number of esters is 1. The number of benzene rings is 1. The Labute approximate surface area is 151 Å². The van der Waals surface area contributed by atoms with Gasteiger partial charge in [-0.1, -0.05) is 25.1 Å². The first-order valence-corrected chi connectivity index (χ1v) is 8.91. The van der Waals surface area contributed by atoms with Gasteiger partial charge >= 0.3 is 11.6 Å². The molecule has 6 nitrogen and oxygen atoms in total. The van der Waals surface area contributed by atoms with E-state index in [9.17, 15) is 14.4 Å². The van der Waals surface area contributed by atoms with E-state index in [1.165, 1.54) is 6.07 Å². The zero-order chi connectivity index (χ0) is 18.7. The van der Waals surface area contributed by atoms with Crippen molar-refractivity contribution in [2.24, 2.45) is 5.92 Å². The van der Waals surface area contributed by atoms with Crippen LogP contribution >= 0.6 is 0 Å². The maximum Gasteiger partial charge on any atom is 0.351 e. The molecule has 26 heavy (non-hydrogen) atoms. The van der Waals surface area contributed by atoms with Crippen LogP contribution in [0.5, 0.6) is 0 Å². The third-order valence-corrected chi connectivity index (χ3v) is 5.11. The SMILES string of the molecule is CC1CCC(N(C)C(=O)COC(=O)c2cc3ccccc3oc2=O)CC1. The van der Waals surface area contributed by atoms with Crippen LogP contribution in [-0.4, -0.2) is 36.5 Å². The Bertz CT molecular complexity index is 864. The number of likely N-dealkylation sites (N-methyl/N-ethyl adjacent to an activating group) is 1. The molecule has 1 amide bonds. The molecule has 0 radical (unpaired) electrons. The third-order valence-electron chi connectivity index (χ3n) is 5.11. The van der Waals surface area contributed by atoms with Gasteiger partial charge < -0.3 is 14.1 Å². The molecule has 0 atom stereocenters. The van der Waals surface area contributed by atoms with Crippen molar-refractivity contribution in [1.29, 1.82) is 0 Å². The maximum absolute atomic E-state index is 12.3. The Morgan fingerprint density at radius 1 is 1.19 bits per heavy atom. The minimum atomic E-state index is -0.844. The fraction of sp³-hybridized carbons (Fsp3) is 0.450. The highest BCUT2D eigenvalue weighted by Gasteiger charge is 2.26. The highest BCUT2D eigenvalue weighted by Crippen LogP contribution is 2.26. The number of carbonyl (C=O) groups is 2. The predicted molar refractivity (Wildman–Crippen MR) is 97.0 cm³/mol. The molecule has 1 heterocycles. The van der Waals surface area contributed by atoms with Crippen LogP contribution < -0.4 is 5.63 Å². The Kier molecular flexibility index (Phi) is 5.40. The van der Waals surface area contributed by atoms with Crippen LogP contribution in [0.1, 0.15) is 43.0 Å². The summed E-state index contributed by atoms with van der Waals surface area (Å²) < 4.78 is 10.2. The van der Waals surface area contributed by atoms with Gasteiger partial charge in [-0.2, -0.15) is 0 Å².